The quantitative estimate of drug-likeness (QED) is 0.102. The summed E-state index contributed by atoms with van der Waals surface area (Å²) >= 11 is 19.7. The van der Waals surface area contributed by atoms with E-state index in [2.05, 4.69) is 166 Å². The number of alkyl halides is 4. The first kappa shape index (κ1) is 103. The molecule has 2 aromatic heterocycles. The van der Waals surface area contributed by atoms with Crippen molar-refractivity contribution < 1.29 is 17.6 Å². The Morgan fingerprint density at radius 3 is 1.19 bits per heavy atom. The predicted molar refractivity (Wildman–Crippen MR) is 450 cm³/mol. The number of nitriles is 1. The molecule has 0 fully saturated rings. The minimum absolute atomic E-state index is 0.0561. The summed E-state index contributed by atoms with van der Waals surface area (Å²) < 4.78 is 45.1. The maximum absolute atomic E-state index is 12.8. The van der Waals surface area contributed by atoms with Crippen LogP contribution in [0.2, 0.25) is 10.0 Å². The average Bonchev–Trinajstić information content (AvgIpc) is 1.00. The van der Waals surface area contributed by atoms with Crippen LogP contribution in [0.15, 0.2) is 204 Å². The van der Waals surface area contributed by atoms with Gasteiger partial charge in [0.1, 0.15) is 5.58 Å². The largest absolute Gasteiger partial charge is 0.464 e. The molecule has 9 rings (SSSR count). The van der Waals surface area contributed by atoms with Gasteiger partial charge >= 0.3 is 6.18 Å². The SMILES string of the molecule is CC.CC.CC.CC.CC.CC.CC.CCC(C)(C#N)c1ccccc1.CCC(C)(C)c1ccccc1.CCC(C)(Cl)c1ccccc1.CCC(C)(c1ccccc1)C(F)(F)F.CCC(C)c1ccc(Cl)c(Cl)c1.CCC(C)c1ccc2ccoc2c1.CCC(C)c1ccc2sccc2c1. The highest BCUT2D eigenvalue weighted by Gasteiger charge is 2.50. The highest BCUT2D eigenvalue weighted by atomic mass is 35.5. The van der Waals surface area contributed by atoms with Crippen LogP contribution >= 0.6 is 46.1 Å². The van der Waals surface area contributed by atoms with E-state index >= 15 is 0 Å². The Hall–Kier alpha value is -5.81. The molecule has 0 radical (unpaired) electrons. The molecule has 0 saturated heterocycles. The molecule has 0 saturated carbocycles. The van der Waals surface area contributed by atoms with Gasteiger partial charge in [-0.05, 0) is 175 Å². The molecule has 2 heterocycles. The molecule has 6 atom stereocenters. The maximum atomic E-state index is 12.8. The first-order valence-electron chi connectivity index (χ1n) is 37.5. The Morgan fingerprint density at radius 1 is 0.420 bits per heavy atom. The van der Waals surface area contributed by atoms with Gasteiger partial charge in [-0.3, -0.25) is 0 Å². The van der Waals surface area contributed by atoms with Crippen molar-refractivity contribution >= 4 is 67.2 Å². The molecular weight excluding hydrogens is 1320 g/mol. The number of benzene rings is 7. The van der Waals surface area contributed by atoms with Crippen LogP contribution in [0.3, 0.4) is 0 Å². The monoisotopic (exact) mass is 1450 g/mol. The molecule has 0 spiro atoms. The van der Waals surface area contributed by atoms with Gasteiger partial charge in [0.25, 0.3) is 0 Å². The molecule has 0 N–H and O–H groups in total. The molecule has 6 unspecified atom stereocenters. The number of halogens is 6. The van der Waals surface area contributed by atoms with Gasteiger partial charge in [-0.15, -0.1) is 22.9 Å². The summed E-state index contributed by atoms with van der Waals surface area (Å²) in [5.74, 6) is 1.86. The number of furan rings is 1. The Bertz CT molecular complexity index is 3200. The fourth-order valence-corrected chi connectivity index (χ4v) is 9.91. The van der Waals surface area contributed by atoms with E-state index in [0.29, 0.717) is 38.8 Å². The normalized spacial score (nSPS) is 12.5. The number of fused-ring (bicyclic) bond motifs is 2. The standard InChI is InChI=1S/C12H14O.C12H14S.C11H13F3.C11H13N.C11H16.C10H12Cl2.C10H13Cl.7C2H6/c1-3-9(2)11-5-4-10-6-7-13-12(10)8-11;1-3-9(2)10-4-5-12-11(8-10)6-7-13-12;1-3-10(2,11(12,13)14)9-7-5-4-6-8-9;1-3-11(2,9-12)10-7-5-4-6-8-10;1-4-11(2,3)10-8-6-5-7-9-10;1-3-7(2)8-4-5-9(11)10(12)6-8;1-3-10(2,11)9-7-5-4-6-8-9;7*1-2/h2*4-9H,3H2,1-2H3;4-8H,3H2,1-2H3;4-8H,3H2,1-2H3;5-9H,4H2,1-3H3;4-7H,3H2,1-2H3;4-8H,3H2,1-2H3;7*1-2H3. The lowest BCUT2D eigenvalue weighted by Gasteiger charge is -2.31. The third kappa shape index (κ3) is 37.4. The zero-order valence-electron chi connectivity index (χ0n) is 67.8. The molecule has 0 aliphatic heterocycles. The zero-order valence-corrected chi connectivity index (χ0v) is 70.9. The lowest BCUT2D eigenvalue weighted by Crippen LogP contribution is -2.38. The van der Waals surface area contributed by atoms with Gasteiger partial charge in [0, 0.05) is 10.1 Å². The van der Waals surface area contributed by atoms with E-state index in [9.17, 15) is 13.2 Å². The molecule has 2 nitrogen and oxygen atoms in total. The molecule has 9 heteroatoms. The second-order valence-corrected chi connectivity index (χ2v) is 25.9. The van der Waals surface area contributed by atoms with Crippen LogP contribution in [-0.2, 0) is 21.1 Å². The Labute approximate surface area is 631 Å². The highest BCUT2D eigenvalue weighted by molar-refractivity contribution is 7.17. The van der Waals surface area contributed by atoms with Gasteiger partial charge < -0.3 is 4.42 Å². The smallest absolute Gasteiger partial charge is 0.398 e. The number of rotatable bonds is 14. The summed E-state index contributed by atoms with van der Waals surface area (Å²) in [6.45, 7) is 59.0. The Balaban J connectivity index is -0.000000341. The number of nitrogens with zero attached hydrogens (tertiary/aromatic N) is 1. The van der Waals surface area contributed by atoms with E-state index in [4.69, 9.17) is 44.5 Å². The van der Waals surface area contributed by atoms with E-state index in [1.165, 1.54) is 81.6 Å². The van der Waals surface area contributed by atoms with Gasteiger partial charge in [0.05, 0.1) is 38.1 Å². The summed E-state index contributed by atoms with van der Waals surface area (Å²) in [4.78, 5) is -0.193. The van der Waals surface area contributed by atoms with Gasteiger partial charge in [0.15, 0.2) is 0 Å². The minimum Gasteiger partial charge on any atom is -0.464 e. The molecule has 560 valence electrons. The lowest BCUT2D eigenvalue weighted by molar-refractivity contribution is -0.186. The fourth-order valence-electron chi connectivity index (χ4n) is 8.71. The van der Waals surface area contributed by atoms with Crippen molar-refractivity contribution in [1.29, 1.82) is 5.26 Å². The lowest BCUT2D eigenvalue weighted by atomic mass is 9.79. The highest BCUT2D eigenvalue weighted by Crippen LogP contribution is 2.43. The van der Waals surface area contributed by atoms with Gasteiger partial charge in [-0.1, -0.05) is 355 Å². The molecule has 0 aliphatic rings. The van der Waals surface area contributed by atoms with Crippen LogP contribution in [-0.4, -0.2) is 6.18 Å². The first-order chi connectivity index (χ1) is 47.7. The first-order valence-corrected chi connectivity index (χ1v) is 39.5. The van der Waals surface area contributed by atoms with Crippen LogP contribution in [0.1, 0.15) is 302 Å². The number of hydrogen-bond donors (Lipinski definition) is 0. The van der Waals surface area contributed by atoms with Crippen molar-refractivity contribution in [3.63, 3.8) is 0 Å². The zero-order chi connectivity index (χ0) is 78.1. The third-order valence-corrected chi connectivity index (χ3v) is 19.2. The fraction of sp³-hybridized carbons (Fsp3) is 0.484. The topological polar surface area (TPSA) is 36.9 Å². The molecule has 100 heavy (non-hydrogen) atoms. The second kappa shape index (κ2) is 59.7. The van der Waals surface area contributed by atoms with Crippen molar-refractivity contribution in [3.8, 4) is 6.07 Å². The van der Waals surface area contributed by atoms with E-state index in [0.717, 1.165) is 30.4 Å². The molecular formula is C91H137Cl3F3NOS. The summed E-state index contributed by atoms with van der Waals surface area (Å²) in [6, 6.07) is 64.4. The maximum Gasteiger partial charge on any atom is 0.398 e. The van der Waals surface area contributed by atoms with Crippen molar-refractivity contribution in [3.05, 3.63) is 249 Å². The molecule has 9 aromatic rings. The van der Waals surface area contributed by atoms with Crippen molar-refractivity contribution in [2.45, 2.75) is 291 Å². The van der Waals surface area contributed by atoms with Gasteiger partial charge in [-0.25, -0.2) is 0 Å². The van der Waals surface area contributed by atoms with Crippen LogP contribution in [0.5, 0.6) is 0 Å². The number of thiophene rings is 1. The summed E-state index contributed by atoms with van der Waals surface area (Å²) in [5.41, 5.74) is 7.44. The van der Waals surface area contributed by atoms with E-state index in [-0.39, 0.29) is 16.7 Å². The van der Waals surface area contributed by atoms with Crippen LogP contribution < -0.4 is 0 Å². The average molecular weight is 1460 g/mol. The van der Waals surface area contributed by atoms with Gasteiger partial charge in [-0.2, -0.15) is 18.4 Å². The van der Waals surface area contributed by atoms with Crippen LogP contribution in [0.4, 0.5) is 13.2 Å². The second-order valence-electron chi connectivity index (χ2n) is 23.3. The Kier molecular flexibility index (Phi) is 61.4. The summed E-state index contributed by atoms with van der Waals surface area (Å²) in [7, 11) is 0. The van der Waals surface area contributed by atoms with Gasteiger partial charge in [0.2, 0.25) is 0 Å². The van der Waals surface area contributed by atoms with Crippen LogP contribution in [0, 0.1) is 11.3 Å². The van der Waals surface area contributed by atoms with Crippen molar-refractivity contribution in [2.75, 3.05) is 0 Å². The van der Waals surface area contributed by atoms with Crippen molar-refractivity contribution in [1.82, 2.24) is 0 Å². The summed E-state index contributed by atoms with van der Waals surface area (Å²) in [5, 5.41) is 15.0. The molecule has 0 bridgehead atoms. The van der Waals surface area contributed by atoms with Crippen LogP contribution in [0.25, 0.3) is 21.1 Å². The molecule has 7 aromatic carbocycles. The van der Waals surface area contributed by atoms with Crippen molar-refractivity contribution in [2.24, 2.45) is 0 Å². The van der Waals surface area contributed by atoms with E-state index in [1.54, 1.807) is 31.4 Å². The Morgan fingerprint density at radius 2 is 0.810 bits per heavy atom. The number of hydrogen-bond acceptors (Lipinski definition) is 3. The van der Waals surface area contributed by atoms with E-state index < -0.39 is 11.6 Å². The van der Waals surface area contributed by atoms with E-state index in [1.807, 2.05) is 202 Å². The molecule has 0 amide bonds. The summed E-state index contributed by atoms with van der Waals surface area (Å²) in [6.07, 6.45) is 4.12. The third-order valence-electron chi connectivity index (χ3n) is 17.0. The minimum atomic E-state index is -4.19. The predicted octanol–water partition coefficient (Wildman–Crippen LogP) is 33.8. The molecule has 0 aliphatic carbocycles.